The number of likely N-dealkylation sites (tertiary alicyclic amines) is 1. The monoisotopic (exact) mass is 562 g/mol. The first-order chi connectivity index (χ1) is 20.4. The van der Waals surface area contributed by atoms with Crippen molar-refractivity contribution in [2.75, 3.05) is 25.4 Å². The number of allylic oxidation sites excluding steroid dienone is 5. The highest BCUT2D eigenvalue weighted by Crippen LogP contribution is 2.36. The van der Waals surface area contributed by atoms with Crippen LogP contribution >= 0.6 is 0 Å². The second kappa shape index (κ2) is 15.6. The molecule has 1 saturated heterocycles. The molecule has 3 aromatic carbocycles. The molecule has 3 heteroatoms. The molecule has 3 nitrogen and oxygen atoms in total. The number of aliphatic hydroxyl groups excluding tert-OH is 1. The van der Waals surface area contributed by atoms with Gasteiger partial charge in [-0.05, 0) is 115 Å². The number of anilines is 1. The van der Waals surface area contributed by atoms with E-state index >= 15 is 0 Å². The Hall–Kier alpha value is -3.56. The summed E-state index contributed by atoms with van der Waals surface area (Å²) < 4.78 is 0. The van der Waals surface area contributed by atoms with E-state index in [1.165, 1.54) is 57.3 Å². The Kier molecular flexibility index (Phi) is 11.7. The maximum Gasteiger partial charge on any atom is 0.116 e. The van der Waals surface area contributed by atoms with Crippen molar-refractivity contribution in [3.8, 4) is 11.1 Å². The quantitative estimate of drug-likeness (QED) is 0.201. The Balaban J connectivity index is 0.000000227. The van der Waals surface area contributed by atoms with Gasteiger partial charge in [0.05, 0.1) is 0 Å². The van der Waals surface area contributed by atoms with Crippen molar-refractivity contribution < 1.29 is 5.11 Å². The molecule has 0 bridgehead atoms. The maximum absolute atomic E-state index is 10.2. The van der Waals surface area contributed by atoms with Crippen molar-refractivity contribution in [2.45, 2.75) is 72.1 Å². The average molecular weight is 563 g/mol. The van der Waals surface area contributed by atoms with Crippen LogP contribution in [0.15, 0.2) is 91.1 Å². The van der Waals surface area contributed by atoms with Crippen molar-refractivity contribution in [1.82, 2.24) is 4.90 Å². The minimum absolute atomic E-state index is 0.118. The Labute approximate surface area is 254 Å². The maximum atomic E-state index is 10.2. The minimum atomic E-state index is 0.118. The van der Waals surface area contributed by atoms with E-state index in [2.05, 4.69) is 80.8 Å². The number of piperidine rings is 1. The van der Waals surface area contributed by atoms with E-state index in [1.54, 1.807) is 5.57 Å². The molecule has 42 heavy (non-hydrogen) atoms. The Morgan fingerprint density at radius 1 is 1.02 bits per heavy atom. The zero-order valence-corrected chi connectivity index (χ0v) is 26.0. The number of nitrogens with zero attached hydrogens (tertiary/aromatic N) is 1. The van der Waals surface area contributed by atoms with Gasteiger partial charge in [0.1, 0.15) is 5.76 Å². The van der Waals surface area contributed by atoms with Crippen molar-refractivity contribution in [1.29, 1.82) is 0 Å². The molecule has 0 aromatic heterocycles. The summed E-state index contributed by atoms with van der Waals surface area (Å²) >= 11 is 0. The zero-order chi connectivity index (χ0) is 29.9. The van der Waals surface area contributed by atoms with E-state index in [4.69, 9.17) is 5.73 Å². The Morgan fingerprint density at radius 3 is 2.40 bits per heavy atom. The molecule has 0 radical (unpaired) electrons. The standard InChI is InChI=1S/C25H27NO.C14H23N/c1-4-6-19(7-5-2)25-23(17(3)27)14-11-21-16-20(10-15-24(21)25)18-8-12-22(26)13-9-18;1-13-7-10-15(11-8-13)12-9-14-5-3-2-4-6-14/h6,8-16,27H,3-5,7,26H2,1-2H3;2-3,5,13H,4,6-12H2,1H3/b19-6+;. The molecule has 0 amide bonds. The molecule has 1 aliphatic carbocycles. The van der Waals surface area contributed by atoms with Gasteiger partial charge >= 0.3 is 0 Å². The molecule has 3 aromatic rings. The highest BCUT2D eigenvalue weighted by Gasteiger charge is 2.16. The third-order valence-corrected chi connectivity index (χ3v) is 8.59. The lowest BCUT2D eigenvalue weighted by atomic mass is 9.88. The fourth-order valence-electron chi connectivity index (χ4n) is 6.06. The lowest BCUT2D eigenvalue weighted by molar-refractivity contribution is 0.194. The van der Waals surface area contributed by atoms with Crippen LogP contribution in [0, 0.1) is 5.92 Å². The van der Waals surface area contributed by atoms with Crippen molar-refractivity contribution >= 4 is 27.8 Å². The first kappa shape index (κ1) is 31.4. The van der Waals surface area contributed by atoms with Gasteiger partial charge < -0.3 is 15.7 Å². The van der Waals surface area contributed by atoms with E-state index < -0.39 is 0 Å². The van der Waals surface area contributed by atoms with E-state index in [0.717, 1.165) is 63.9 Å². The highest BCUT2D eigenvalue weighted by molar-refractivity contribution is 5.99. The second-order valence-corrected chi connectivity index (χ2v) is 11.9. The van der Waals surface area contributed by atoms with Crippen LogP contribution in [0.3, 0.4) is 0 Å². The molecule has 0 spiro atoms. The average Bonchev–Trinajstić information content (AvgIpc) is 3.01. The summed E-state index contributed by atoms with van der Waals surface area (Å²) in [5, 5.41) is 12.5. The van der Waals surface area contributed by atoms with Gasteiger partial charge in [0.2, 0.25) is 0 Å². The molecule has 2 aliphatic rings. The molecule has 0 saturated carbocycles. The summed E-state index contributed by atoms with van der Waals surface area (Å²) in [4.78, 5) is 2.64. The van der Waals surface area contributed by atoms with E-state index in [-0.39, 0.29) is 5.76 Å². The van der Waals surface area contributed by atoms with Crippen LogP contribution < -0.4 is 5.73 Å². The molecule has 222 valence electrons. The van der Waals surface area contributed by atoms with Crippen molar-refractivity contribution in [2.24, 2.45) is 5.92 Å². The van der Waals surface area contributed by atoms with Crippen LogP contribution in [0.4, 0.5) is 5.69 Å². The van der Waals surface area contributed by atoms with Crippen LogP contribution in [0.25, 0.3) is 33.2 Å². The summed E-state index contributed by atoms with van der Waals surface area (Å²) in [6, 6.07) is 18.5. The number of benzene rings is 3. The normalized spacial score (nSPS) is 16.2. The molecule has 1 fully saturated rings. The molecule has 1 aliphatic heterocycles. The number of aliphatic hydroxyl groups is 1. The SMILES string of the molecule is C=C(O)c1ccc2cc(-c3ccc(N)cc3)ccc2c1/C(=C/CC)CCC.CC1CCN(CCC2=CC=CCC2)CC1. The number of rotatable bonds is 9. The van der Waals surface area contributed by atoms with E-state index in [0.29, 0.717) is 0 Å². The summed E-state index contributed by atoms with van der Waals surface area (Å²) in [6.07, 6.45) is 18.7. The number of hydrogen-bond donors (Lipinski definition) is 2. The van der Waals surface area contributed by atoms with E-state index in [9.17, 15) is 5.11 Å². The Bertz CT molecular complexity index is 1420. The van der Waals surface area contributed by atoms with Crippen LogP contribution in [0.2, 0.25) is 0 Å². The predicted molar refractivity (Wildman–Crippen MR) is 185 cm³/mol. The van der Waals surface area contributed by atoms with Crippen molar-refractivity contribution in [3.63, 3.8) is 0 Å². The highest BCUT2D eigenvalue weighted by atomic mass is 16.3. The van der Waals surface area contributed by atoms with Crippen LogP contribution in [0.1, 0.15) is 83.3 Å². The smallest absolute Gasteiger partial charge is 0.116 e. The van der Waals surface area contributed by atoms with E-state index in [1.807, 2.05) is 30.3 Å². The summed E-state index contributed by atoms with van der Waals surface area (Å²) in [5.41, 5.74) is 13.7. The summed E-state index contributed by atoms with van der Waals surface area (Å²) in [6.45, 7) is 14.4. The first-order valence-corrected chi connectivity index (χ1v) is 16.0. The molecule has 0 atom stereocenters. The largest absolute Gasteiger partial charge is 0.508 e. The third kappa shape index (κ3) is 8.49. The van der Waals surface area contributed by atoms with Gasteiger partial charge in [-0.15, -0.1) is 0 Å². The molecule has 0 unspecified atom stereocenters. The van der Waals surface area contributed by atoms with Crippen LogP contribution in [0.5, 0.6) is 0 Å². The van der Waals surface area contributed by atoms with Crippen LogP contribution in [-0.2, 0) is 0 Å². The fourth-order valence-corrected chi connectivity index (χ4v) is 6.06. The van der Waals surface area contributed by atoms with Crippen molar-refractivity contribution in [3.05, 3.63) is 102 Å². The number of nitrogen functional groups attached to an aromatic ring is 1. The molecular weight excluding hydrogens is 512 g/mol. The Morgan fingerprint density at radius 2 is 1.76 bits per heavy atom. The predicted octanol–water partition coefficient (Wildman–Crippen LogP) is 10.6. The topological polar surface area (TPSA) is 49.5 Å². The zero-order valence-electron chi connectivity index (χ0n) is 26.0. The van der Waals surface area contributed by atoms with Gasteiger partial charge in [0.15, 0.2) is 0 Å². The van der Waals surface area contributed by atoms with Gasteiger partial charge in [-0.2, -0.15) is 0 Å². The molecular formula is C39H50N2O. The summed E-state index contributed by atoms with van der Waals surface area (Å²) in [7, 11) is 0. The second-order valence-electron chi connectivity index (χ2n) is 11.9. The molecule has 3 N–H and O–H groups in total. The number of hydrogen-bond acceptors (Lipinski definition) is 3. The van der Waals surface area contributed by atoms with Gasteiger partial charge in [-0.25, -0.2) is 0 Å². The number of fused-ring (bicyclic) bond motifs is 1. The van der Waals surface area contributed by atoms with Gasteiger partial charge in [-0.3, -0.25) is 0 Å². The lowest BCUT2D eigenvalue weighted by Gasteiger charge is -2.30. The van der Waals surface area contributed by atoms with Gasteiger partial charge in [0.25, 0.3) is 0 Å². The fraction of sp³-hybridized carbons (Fsp3) is 0.385. The molecule has 1 heterocycles. The number of nitrogens with two attached hydrogens (primary N) is 1. The first-order valence-electron chi connectivity index (χ1n) is 16.0. The summed E-state index contributed by atoms with van der Waals surface area (Å²) in [5.74, 6) is 1.07. The van der Waals surface area contributed by atoms with Gasteiger partial charge in [0, 0.05) is 17.8 Å². The third-order valence-electron chi connectivity index (χ3n) is 8.59. The minimum Gasteiger partial charge on any atom is -0.508 e. The lowest BCUT2D eigenvalue weighted by Crippen LogP contribution is -2.33. The molecule has 5 rings (SSSR count). The van der Waals surface area contributed by atoms with Crippen LogP contribution in [-0.4, -0.2) is 29.6 Å². The van der Waals surface area contributed by atoms with Gasteiger partial charge in [-0.1, -0.05) is 100 Å².